The van der Waals surface area contributed by atoms with Crippen LogP contribution in [0.2, 0.25) is 0 Å². The van der Waals surface area contributed by atoms with Gasteiger partial charge in [-0.25, -0.2) is 4.39 Å². The second-order valence-electron chi connectivity index (χ2n) is 4.53. The summed E-state index contributed by atoms with van der Waals surface area (Å²) in [6.07, 6.45) is -0.0353. The van der Waals surface area contributed by atoms with E-state index in [1.165, 1.54) is 6.07 Å². The summed E-state index contributed by atoms with van der Waals surface area (Å²) in [4.78, 5) is 12.0. The Balaban J connectivity index is 2.15. The molecule has 0 aromatic heterocycles. The zero-order chi connectivity index (χ0) is 14.7. The van der Waals surface area contributed by atoms with Crippen molar-refractivity contribution in [2.24, 2.45) is 0 Å². The number of nitrogens with one attached hydrogen (secondary N) is 1. The Morgan fingerprint density at radius 2 is 2.05 bits per heavy atom. The van der Waals surface area contributed by atoms with Gasteiger partial charge in [0.05, 0.1) is 17.8 Å². The minimum atomic E-state index is -0.390. The lowest BCUT2D eigenvalue weighted by Gasteiger charge is -2.11. The fourth-order valence-electron chi connectivity index (χ4n) is 1.90. The van der Waals surface area contributed by atoms with Crippen molar-refractivity contribution in [2.75, 3.05) is 11.1 Å². The predicted octanol–water partition coefficient (Wildman–Crippen LogP) is 3.66. The zero-order valence-electron chi connectivity index (χ0n) is 10.9. The summed E-state index contributed by atoms with van der Waals surface area (Å²) in [6.45, 7) is 1.91. The van der Waals surface area contributed by atoms with Gasteiger partial charge in [0.15, 0.2) is 0 Å². The molecular weight excluding hydrogens is 323 g/mol. The molecule has 0 bridgehead atoms. The summed E-state index contributed by atoms with van der Waals surface area (Å²) in [5, 5.41) is 2.70. The van der Waals surface area contributed by atoms with Gasteiger partial charge in [0, 0.05) is 4.47 Å². The minimum Gasteiger partial charge on any atom is -0.397 e. The number of nitrogens with two attached hydrogens (primary N) is 1. The first-order valence-corrected chi connectivity index (χ1v) is 6.85. The van der Waals surface area contributed by atoms with Crippen LogP contribution in [0.3, 0.4) is 0 Å². The molecule has 104 valence electrons. The van der Waals surface area contributed by atoms with Crippen LogP contribution < -0.4 is 11.1 Å². The topological polar surface area (TPSA) is 55.1 Å². The van der Waals surface area contributed by atoms with Gasteiger partial charge < -0.3 is 11.1 Å². The second-order valence-corrected chi connectivity index (χ2v) is 5.38. The van der Waals surface area contributed by atoms with Crippen LogP contribution in [0.5, 0.6) is 0 Å². The van der Waals surface area contributed by atoms with Crippen LogP contribution in [-0.4, -0.2) is 5.91 Å². The fourth-order valence-corrected chi connectivity index (χ4v) is 2.59. The molecule has 3 nitrogen and oxygen atoms in total. The van der Waals surface area contributed by atoms with Crippen molar-refractivity contribution in [3.63, 3.8) is 0 Å². The van der Waals surface area contributed by atoms with Gasteiger partial charge >= 0.3 is 0 Å². The van der Waals surface area contributed by atoms with Crippen molar-refractivity contribution in [3.8, 4) is 0 Å². The van der Waals surface area contributed by atoms with Crippen molar-refractivity contribution < 1.29 is 9.18 Å². The summed E-state index contributed by atoms with van der Waals surface area (Å²) in [5.41, 5.74) is 8.20. The molecule has 0 saturated carbocycles. The average Bonchev–Trinajstić information content (AvgIpc) is 2.36. The van der Waals surface area contributed by atoms with Crippen LogP contribution in [-0.2, 0) is 11.2 Å². The minimum absolute atomic E-state index is 0.0353. The highest BCUT2D eigenvalue weighted by molar-refractivity contribution is 9.10. The average molecular weight is 337 g/mol. The van der Waals surface area contributed by atoms with Gasteiger partial charge in [-0.2, -0.15) is 0 Å². The van der Waals surface area contributed by atoms with Gasteiger partial charge in [-0.1, -0.05) is 18.2 Å². The number of halogens is 2. The number of anilines is 2. The highest BCUT2D eigenvalue weighted by atomic mass is 79.9. The molecule has 0 aliphatic rings. The van der Waals surface area contributed by atoms with E-state index >= 15 is 0 Å². The summed E-state index contributed by atoms with van der Waals surface area (Å²) in [6, 6.07) is 9.83. The normalized spacial score (nSPS) is 10.3. The van der Waals surface area contributed by atoms with Crippen LogP contribution in [0, 0.1) is 12.7 Å². The Labute approximate surface area is 125 Å². The number of hydrogen-bond acceptors (Lipinski definition) is 2. The van der Waals surface area contributed by atoms with Gasteiger partial charge in [0.25, 0.3) is 0 Å². The number of rotatable bonds is 3. The molecule has 2 aromatic carbocycles. The lowest BCUT2D eigenvalue weighted by atomic mass is 10.1. The Morgan fingerprint density at radius 3 is 2.70 bits per heavy atom. The van der Waals surface area contributed by atoms with Gasteiger partial charge in [-0.05, 0) is 52.2 Å². The molecule has 2 rings (SSSR count). The van der Waals surface area contributed by atoms with E-state index in [2.05, 4.69) is 21.2 Å². The summed E-state index contributed by atoms with van der Waals surface area (Å²) >= 11 is 3.36. The number of nitrogen functional groups attached to an aromatic ring is 1. The molecule has 20 heavy (non-hydrogen) atoms. The number of carbonyl (C=O) groups is 1. The summed E-state index contributed by atoms with van der Waals surface area (Å²) in [5.74, 6) is -0.704. The van der Waals surface area contributed by atoms with Gasteiger partial charge in [-0.15, -0.1) is 0 Å². The monoisotopic (exact) mass is 336 g/mol. The number of benzene rings is 2. The van der Waals surface area contributed by atoms with Gasteiger partial charge in [0.1, 0.15) is 5.82 Å². The van der Waals surface area contributed by atoms with Crippen LogP contribution in [0.1, 0.15) is 11.1 Å². The quantitative estimate of drug-likeness (QED) is 0.840. The summed E-state index contributed by atoms with van der Waals surface area (Å²) in [7, 11) is 0. The smallest absolute Gasteiger partial charge is 0.228 e. The molecule has 0 unspecified atom stereocenters. The van der Waals surface area contributed by atoms with Crippen molar-refractivity contribution >= 4 is 33.2 Å². The van der Waals surface area contributed by atoms with E-state index < -0.39 is 5.82 Å². The number of aryl methyl sites for hydroxylation is 1. The molecule has 0 fully saturated rings. The van der Waals surface area contributed by atoms with E-state index in [1.807, 2.05) is 13.0 Å². The predicted molar refractivity (Wildman–Crippen MR) is 82.0 cm³/mol. The SMILES string of the molecule is Cc1cc(N)c(NC(=O)Cc2ccccc2F)c(Br)c1. The van der Waals surface area contributed by atoms with Crippen LogP contribution >= 0.6 is 15.9 Å². The third-order valence-corrected chi connectivity index (χ3v) is 3.46. The molecular formula is C15H14BrFN2O. The zero-order valence-corrected chi connectivity index (χ0v) is 12.5. The van der Waals surface area contributed by atoms with E-state index in [0.717, 1.165) is 5.56 Å². The molecule has 0 heterocycles. The second kappa shape index (κ2) is 6.05. The molecule has 0 saturated heterocycles. The van der Waals surface area contributed by atoms with E-state index in [1.54, 1.807) is 24.3 Å². The maximum Gasteiger partial charge on any atom is 0.228 e. The van der Waals surface area contributed by atoms with Crippen molar-refractivity contribution in [1.29, 1.82) is 0 Å². The first-order chi connectivity index (χ1) is 9.47. The third-order valence-electron chi connectivity index (χ3n) is 2.84. The molecule has 0 atom stereocenters. The largest absolute Gasteiger partial charge is 0.397 e. The van der Waals surface area contributed by atoms with Crippen LogP contribution in [0.15, 0.2) is 40.9 Å². The lowest BCUT2D eigenvalue weighted by molar-refractivity contribution is -0.115. The van der Waals surface area contributed by atoms with E-state index in [-0.39, 0.29) is 12.3 Å². The molecule has 0 aliphatic carbocycles. The van der Waals surface area contributed by atoms with E-state index in [9.17, 15) is 9.18 Å². The van der Waals surface area contributed by atoms with E-state index in [0.29, 0.717) is 21.4 Å². The summed E-state index contributed by atoms with van der Waals surface area (Å²) < 4.78 is 14.2. The van der Waals surface area contributed by atoms with Crippen molar-refractivity contribution in [1.82, 2.24) is 0 Å². The maximum absolute atomic E-state index is 13.5. The van der Waals surface area contributed by atoms with Gasteiger partial charge in [0.2, 0.25) is 5.91 Å². The Kier molecular flexibility index (Phi) is 4.39. The number of amides is 1. The first kappa shape index (κ1) is 14.5. The van der Waals surface area contributed by atoms with Crippen molar-refractivity contribution in [2.45, 2.75) is 13.3 Å². The highest BCUT2D eigenvalue weighted by Gasteiger charge is 2.12. The molecule has 0 aliphatic heterocycles. The number of hydrogen-bond donors (Lipinski definition) is 2. The Hall–Kier alpha value is -1.88. The molecule has 2 aromatic rings. The first-order valence-electron chi connectivity index (χ1n) is 6.06. The molecule has 1 amide bonds. The third kappa shape index (κ3) is 3.36. The van der Waals surface area contributed by atoms with Crippen LogP contribution in [0.25, 0.3) is 0 Å². The number of carbonyl (C=O) groups excluding carboxylic acids is 1. The van der Waals surface area contributed by atoms with Crippen LogP contribution in [0.4, 0.5) is 15.8 Å². The maximum atomic E-state index is 13.5. The lowest BCUT2D eigenvalue weighted by Crippen LogP contribution is -2.16. The standard InChI is InChI=1S/C15H14BrFN2O/c1-9-6-11(16)15(13(18)7-9)19-14(20)8-10-4-2-3-5-12(10)17/h2-7H,8,18H2,1H3,(H,19,20). The van der Waals surface area contributed by atoms with Gasteiger partial charge in [-0.3, -0.25) is 4.79 Å². The molecule has 0 spiro atoms. The molecule has 3 N–H and O–H groups in total. The Morgan fingerprint density at radius 1 is 1.35 bits per heavy atom. The highest BCUT2D eigenvalue weighted by Crippen LogP contribution is 2.30. The Bertz CT molecular complexity index is 635. The molecule has 5 heteroatoms. The molecule has 0 radical (unpaired) electrons. The van der Waals surface area contributed by atoms with E-state index in [4.69, 9.17) is 5.73 Å². The fraction of sp³-hybridized carbons (Fsp3) is 0.133. The van der Waals surface area contributed by atoms with Crippen molar-refractivity contribution in [3.05, 3.63) is 57.8 Å².